The minimum atomic E-state index is 0.479. The summed E-state index contributed by atoms with van der Waals surface area (Å²) in [5.74, 6) is 0.781. The Kier molecular flexibility index (Phi) is 5.19. The maximum Gasteiger partial charge on any atom is 0.170 e. The molecule has 16 heavy (non-hydrogen) atoms. The lowest BCUT2D eigenvalue weighted by atomic mass is 9.87. The van der Waals surface area contributed by atoms with E-state index in [4.69, 9.17) is 5.73 Å². The van der Waals surface area contributed by atoms with Gasteiger partial charge in [0.1, 0.15) is 5.69 Å². The minimum Gasteiger partial charge on any atom is -0.327 e. The summed E-state index contributed by atoms with van der Waals surface area (Å²) in [5.41, 5.74) is 6.26. The number of nitrogens with zero attached hydrogens (tertiary/aromatic N) is 2. The molecular weight excluding hydrogens is 202 g/mol. The van der Waals surface area contributed by atoms with Gasteiger partial charge in [0, 0.05) is 19.3 Å². The van der Waals surface area contributed by atoms with Crippen molar-refractivity contribution < 1.29 is 4.79 Å². The second kappa shape index (κ2) is 6.43. The van der Waals surface area contributed by atoms with Crippen molar-refractivity contribution in [3.63, 3.8) is 0 Å². The van der Waals surface area contributed by atoms with Crippen LogP contribution in [-0.2, 0) is 7.05 Å². The van der Waals surface area contributed by atoms with Crippen molar-refractivity contribution in [1.82, 2.24) is 9.78 Å². The second-order valence-corrected chi connectivity index (χ2v) is 4.46. The van der Waals surface area contributed by atoms with E-state index >= 15 is 0 Å². The summed E-state index contributed by atoms with van der Waals surface area (Å²) in [6.07, 6.45) is 7.80. The van der Waals surface area contributed by atoms with Crippen LogP contribution in [0.2, 0.25) is 0 Å². The van der Waals surface area contributed by atoms with Gasteiger partial charge in [0.05, 0.1) is 0 Å². The number of carbonyl (C=O) groups is 1. The standard InChI is InChI=1S/C7H15N.C5H6N2O/c1-6-4-2-3-5-7(6)8;1-7-3-2-5(4-8)6-7/h6-7H,2-5,8H2,1H3;2-4H,1H3. The lowest BCUT2D eigenvalue weighted by Crippen LogP contribution is -2.30. The summed E-state index contributed by atoms with van der Waals surface area (Å²) in [7, 11) is 1.77. The molecule has 4 nitrogen and oxygen atoms in total. The molecule has 0 aromatic carbocycles. The number of carbonyl (C=O) groups excluding carboxylic acids is 1. The predicted octanol–water partition coefficient (Wildman–Crippen LogP) is 1.76. The number of hydrogen-bond acceptors (Lipinski definition) is 3. The average Bonchev–Trinajstić information content (AvgIpc) is 2.70. The van der Waals surface area contributed by atoms with Crippen LogP contribution < -0.4 is 5.73 Å². The summed E-state index contributed by atoms with van der Waals surface area (Å²) >= 11 is 0. The zero-order valence-electron chi connectivity index (χ0n) is 10.1. The first-order valence-corrected chi connectivity index (χ1v) is 5.84. The molecule has 1 saturated carbocycles. The highest BCUT2D eigenvalue weighted by molar-refractivity contribution is 5.71. The van der Waals surface area contributed by atoms with Crippen molar-refractivity contribution in [2.75, 3.05) is 0 Å². The molecule has 0 spiro atoms. The topological polar surface area (TPSA) is 60.9 Å². The summed E-state index contributed by atoms with van der Waals surface area (Å²) in [6.45, 7) is 2.25. The van der Waals surface area contributed by atoms with Crippen molar-refractivity contribution in [3.05, 3.63) is 18.0 Å². The lowest BCUT2D eigenvalue weighted by molar-refractivity contribution is 0.111. The number of nitrogens with two attached hydrogens (primary N) is 1. The highest BCUT2D eigenvalue weighted by Gasteiger charge is 2.15. The molecule has 1 aromatic rings. The van der Waals surface area contributed by atoms with Crippen LogP contribution in [0.25, 0.3) is 0 Å². The maximum atomic E-state index is 9.94. The van der Waals surface area contributed by atoms with E-state index in [1.807, 2.05) is 0 Å². The van der Waals surface area contributed by atoms with Crippen LogP contribution in [0.4, 0.5) is 0 Å². The largest absolute Gasteiger partial charge is 0.327 e. The van der Waals surface area contributed by atoms with Crippen LogP contribution >= 0.6 is 0 Å². The van der Waals surface area contributed by atoms with Crippen LogP contribution in [0, 0.1) is 5.92 Å². The van der Waals surface area contributed by atoms with Gasteiger partial charge >= 0.3 is 0 Å². The fourth-order valence-corrected chi connectivity index (χ4v) is 1.84. The molecule has 1 heterocycles. The molecule has 90 valence electrons. The van der Waals surface area contributed by atoms with Crippen molar-refractivity contribution in [3.8, 4) is 0 Å². The summed E-state index contributed by atoms with van der Waals surface area (Å²) < 4.78 is 1.59. The Hall–Kier alpha value is -1.16. The van der Waals surface area contributed by atoms with E-state index in [2.05, 4.69) is 12.0 Å². The Morgan fingerprint density at radius 2 is 2.19 bits per heavy atom. The zero-order chi connectivity index (χ0) is 12.0. The highest BCUT2D eigenvalue weighted by atomic mass is 16.1. The number of aromatic nitrogens is 2. The van der Waals surface area contributed by atoms with Crippen LogP contribution in [0.15, 0.2) is 12.3 Å². The van der Waals surface area contributed by atoms with Gasteiger partial charge in [-0.15, -0.1) is 0 Å². The van der Waals surface area contributed by atoms with E-state index in [1.165, 1.54) is 25.7 Å². The summed E-state index contributed by atoms with van der Waals surface area (Å²) in [5, 5.41) is 3.78. The van der Waals surface area contributed by atoms with Gasteiger partial charge < -0.3 is 5.73 Å². The van der Waals surface area contributed by atoms with Gasteiger partial charge in [-0.2, -0.15) is 5.10 Å². The fraction of sp³-hybridized carbons (Fsp3) is 0.667. The first kappa shape index (κ1) is 12.9. The predicted molar refractivity (Wildman–Crippen MR) is 64.2 cm³/mol. The Morgan fingerprint density at radius 3 is 2.50 bits per heavy atom. The molecule has 1 fully saturated rings. The van der Waals surface area contributed by atoms with Crippen LogP contribution in [0.5, 0.6) is 0 Å². The van der Waals surface area contributed by atoms with Gasteiger partial charge in [0.2, 0.25) is 0 Å². The van der Waals surface area contributed by atoms with Crippen molar-refractivity contribution in [2.45, 2.75) is 38.6 Å². The molecule has 2 N–H and O–H groups in total. The monoisotopic (exact) mass is 223 g/mol. The van der Waals surface area contributed by atoms with E-state index in [-0.39, 0.29) is 0 Å². The molecule has 2 rings (SSSR count). The van der Waals surface area contributed by atoms with Crippen molar-refractivity contribution >= 4 is 6.29 Å². The minimum absolute atomic E-state index is 0.479. The molecule has 2 unspecified atom stereocenters. The average molecular weight is 223 g/mol. The van der Waals surface area contributed by atoms with E-state index < -0.39 is 0 Å². The Labute approximate surface area is 96.8 Å². The Balaban J connectivity index is 0.000000160. The Bertz CT molecular complexity index is 312. The molecule has 1 aromatic heterocycles. The quantitative estimate of drug-likeness (QED) is 0.738. The summed E-state index contributed by atoms with van der Waals surface area (Å²) in [4.78, 5) is 9.94. The number of aryl methyl sites for hydroxylation is 1. The molecule has 0 aliphatic heterocycles. The van der Waals surface area contributed by atoms with Gasteiger partial charge in [-0.05, 0) is 24.8 Å². The van der Waals surface area contributed by atoms with E-state index in [1.54, 1.807) is 24.0 Å². The number of rotatable bonds is 1. The van der Waals surface area contributed by atoms with Crippen LogP contribution in [-0.4, -0.2) is 22.1 Å². The van der Waals surface area contributed by atoms with Gasteiger partial charge in [-0.1, -0.05) is 19.8 Å². The molecule has 4 heteroatoms. The third-order valence-corrected chi connectivity index (χ3v) is 3.03. The first-order chi connectivity index (χ1) is 7.63. The molecule has 0 saturated heterocycles. The molecule has 0 amide bonds. The highest BCUT2D eigenvalue weighted by Crippen LogP contribution is 2.21. The van der Waals surface area contributed by atoms with E-state index in [0.717, 1.165) is 12.2 Å². The third kappa shape index (κ3) is 4.14. The molecule has 0 bridgehead atoms. The Morgan fingerprint density at radius 1 is 1.50 bits per heavy atom. The smallest absolute Gasteiger partial charge is 0.170 e. The number of aldehydes is 1. The SMILES string of the molecule is CC1CCCCC1N.Cn1ccc(C=O)n1. The van der Waals surface area contributed by atoms with E-state index in [0.29, 0.717) is 11.7 Å². The van der Waals surface area contributed by atoms with E-state index in [9.17, 15) is 4.79 Å². The molecular formula is C12H21N3O. The number of hydrogen-bond donors (Lipinski definition) is 1. The fourth-order valence-electron chi connectivity index (χ4n) is 1.84. The first-order valence-electron chi connectivity index (χ1n) is 5.84. The van der Waals surface area contributed by atoms with Crippen LogP contribution in [0.3, 0.4) is 0 Å². The van der Waals surface area contributed by atoms with Crippen molar-refractivity contribution in [2.24, 2.45) is 18.7 Å². The zero-order valence-corrected chi connectivity index (χ0v) is 10.1. The van der Waals surface area contributed by atoms with Crippen LogP contribution in [0.1, 0.15) is 43.1 Å². The molecule has 1 aliphatic rings. The van der Waals surface area contributed by atoms with Gasteiger partial charge in [-0.3, -0.25) is 9.48 Å². The van der Waals surface area contributed by atoms with Crippen molar-refractivity contribution in [1.29, 1.82) is 0 Å². The normalized spacial score (nSPS) is 24.4. The maximum absolute atomic E-state index is 9.94. The third-order valence-electron chi connectivity index (χ3n) is 3.03. The lowest BCUT2D eigenvalue weighted by Gasteiger charge is -2.24. The molecule has 0 radical (unpaired) electrons. The molecule has 2 atom stereocenters. The molecule has 1 aliphatic carbocycles. The van der Waals surface area contributed by atoms with Gasteiger partial charge in [0.15, 0.2) is 6.29 Å². The second-order valence-electron chi connectivity index (χ2n) is 4.46. The van der Waals surface area contributed by atoms with Gasteiger partial charge in [0.25, 0.3) is 0 Å². The van der Waals surface area contributed by atoms with Gasteiger partial charge in [-0.25, -0.2) is 0 Å². The summed E-state index contributed by atoms with van der Waals surface area (Å²) in [6, 6.07) is 2.16.